The van der Waals surface area contributed by atoms with Gasteiger partial charge in [-0.15, -0.1) is 0 Å². The summed E-state index contributed by atoms with van der Waals surface area (Å²) in [7, 11) is 0. The molecule has 3 aromatic carbocycles. The summed E-state index contributed by atoms with van der Waals surface area (Å²) in [5, 5.41) is 6.09. The maximum Gasteiger partial charge on any atom is 0.343 e. The molecule has 0 saturated heterocycles. The SMILES string of the molecule is CCCCCCCCCCCCCCCCCC(=O)NN=Cc1c(OC(=O)c2ccc(OCC)cc2)ccc2ccccc12. The van der Waals surface area contributed by atoms with Crippen LogP contribution in [0.15, 0.2) is 65.8 Å². The van der Waals surface area contributed by atoms with Gasteiger partial charge >= 0.3 is 5.97 Å². The number of esters is 1. The van der Waals surface area contributed by atoms with Crippen LogP contribution in [0.3, 0.4) is 0 Å². The van der Waals surface area contributed by atoms with Gasteiger partial charge in [-0.25, -0.2) is 10.2 Å². The number of unbranched alkanes of at least 4 members (excludes halogenated alkanes) is 14. The summed E-state index contributed by atoms with van der Waals surface area (Å²) < 4.78 is 11.2. The highest BCUT2D eigenvalue weighted by Crippen LogP contribution is 2.28. The lowest BCUT2D eigenvalue weighted by atomic mass is 10.0. The Morgan fingerprint density at radius 2 is 1.30 bits per heavy atom. The van der Waals surface area contributed by atoms with Crippen LogP contribution < -0.4 is 14.9 Å². The predicted molar refractivity (Wildman–Crippen MR) is 182 cm³/mol. The fourth-order valence-corrected chi connectivity index (χ4v) is 5.39. The molecule has 0 aliphatic carbocycles. The summed E-state index contributed by atoms with van der Waals surface area (Å²) in [5.41, 5.74) is 3.70. The number of carbonyl (C=O) groups is 2. The second-order valence-electron chi connectivity index (χ2n) is 11.5. The molecule has 0 fully saturated rings. The molecule has 0 spiro atoms. The largest absolute Gasteiger partial charge is 0.494 e. The van der Waals surface area contributed by atoms with Crippen molar-refractivity contribution < 1.29 is 19.1 Å². The van der Waals surface area contributed by atoms with Crippen molar-refractivity contribution in [2.45, 2.75) is 117 Å². The van der Waals surface area contributed by atoms with Gasteiger partial charge in [0.2, 0.25) is 5.91 Å². The molecule has 0 saturated carbocycles. The number of amides is 1. The van der Waals surface area contributed by atoms with Crippen LogP contribution in [-0.4, -0.2) is 24.7 Å². The van der Waals surface area contributed by atoms with E-state index in [1.807, 2.05) is 37.3 Å². The van der Waals surface area contributed by atoms with Crippen LogP contribution in [0.5, 0.6) is 11.5 Å². The number of ether oxygens (including phenoxy) is 2. The molecule has 3 rings (SSSR count). The zero-order chi connectivity index (χ0) is 31.2. The molecule has 6 nitrogen and oxygen atoms in total. The van der Waals surface area contributed by atoms with Crippen molar-refractivity contribution in [1.29, 1.82) is 0 Å². The Bertz CT molecular complexity index is 1290. The van der Waals surface area contributed by atoms with Gasteiger partial charge in [0.05, 0.1) is 18.4 Å². The lowest BCUT2D eigenvalue weighted by Gasteiger charge is -2.11. The van der Waals surface area contributed by atoms with Crippen LogP contribution in [0, 0.1) is 0 Å². The molecule has 0 atom stereocenters. The third-order valence-corrected chi connectivity index (χ3v) is 7.92. The lowest BCUT2D eigenvalue weighted by Crippen LogP contribution is -2.17. The molecule has 6 heteroatoms. The maximum atomic E-state index is 12.9. The summed E-state index contributed by atoms with van der Waals surface area (Å²) in [5.74, 6) is 0.491. The summed E-state index contributed by atoms with van der Waals surface area (Å²) >= 11 is 0. The molecule has 0 unspecified atom stereocenters. The number of hydrogen-bond donors (Lipinski definition) is 1. The van der Waals surface area contributed by atoms with Gasteiger partial charge in [0.1, 0.15) is 11.5 Å². The highest BCUT2D eigenvalue weighted by atomic mass is 16.5. The minimum absolute atomic E-state index is 0.107. The molecule has 0 bridgehead atoms. The molecule has 1 amide bonds. The van der Waals surface area contributed by atoms with Gasteiger partial charge in [-0.1, -0.05) is 127 Å². The Morgan fingerprint density at radius 1 is 0.705 bits per heavy atom. The van der Waals surface area contributed by atoms with Gasteiger partial charge in [0.15, 0.2) is 0 Å². The second-order valence-corrected chi connectivity index (χ2v) is 11.5. The molecule has 44 heavy (non-hydrogen) atoms. The first kappa shape index (κ1) is 34.8. The normalized spacial score (nSPS) is 11.2. The Hall–Kier alpha value is -3.67. The van der Waals surface area contributed by atoms with Crippen LogP contribution in [-0.2, 0) is 4.79 Å². The fourth-order valence-electron chi connectivity index (χ4n) is 5.39. The molecular formula is C38H52N2O4. The van der Waals surface area contributed by atoms with Crippen LogP contribution in [0.4, 0.5) is 0 Å². The monoisotopic (exact) mass is 600 g/mol. The number of hydrazone groups is 1. The lowest BCUT2D eigenvalue weighted by molar-refractivity contribution is -0.121. The Labute approximate surface area is 264 Å². The van der Waals surface area contributed by atoms with Crippen molar-refractivity contribution in [1.82, 2.24) is 5.43 Å². The third-order valence-electron chi connectivity index (χ3n) is 7.92. The maximum absolute atomic E-state index is 12.9. The van der Waals surface area contributed by atoms with Crippen molar-refractivity contribution in [3.8, 4) is 11.5 Å². The zero-order valence-corrected chi connectivity index (χ0v) is 27.0. The van der Waals surface area contributed by atoms with E-state index in [-0.39, 0.29) is 5.91 Å². The van der Waals surface area contributed by atoms with E-state index in [0.29, 0.717) is 35.7 Å². The molecule has 3 aromatic rings. The molecule has 0 radical (unpaired) electrons. The smallest absolute Gasteiger partial charge is 0.343 e. The van der Waals surface area contributed by atoms with E-state index < -0.39 is 5.97 Å². The van der Waals surface area contributed by atoms with E-state index in [9.17, 15) is 9.59 Å². The second kappa shape index (κ2) is 21.1. The molecular weight excluding hydrogens is 548 g/mol. The van der Waals surface area contributed by atoms with E-state index in [2.05, 4.69) is 17.5 Å². The highest BCUT2D eigenvalue weighted by molar-refractivity contribution is 6.04. The number of nitrogens with one attached hydrogen (secondary N) is 1. The Kier molecular flexibility index (Phi) is 16.7. The molecule has 0 aliphatic rings. The Morgan fingerprint density at radius 3 is 1.91 bits per heavy atom. The zero-order valence-electron chi connectivity index (χ0n) is 27.0. The average Bonchev–Trinajstić information content (AvgIpc) is 3.04. The topological polar surface area (TPSA) is 77.0 Å². The van der Waals surface area contributed by atoms with Crippen LogP contribution in [0.2, 0.25) is 0 Å². The number of fused-ring (bicyclic) bond motifs is 1. The first-order valence-corrected chi connectivity index (χ1v) is 16.9. The summed E-state index contributed by atoms with van der Waals surface area (Å²) in [6, 6.07) is 18.3. The van der Waals surface area contributed by atoms with Gasteiger partial charge in [-0.2, -0.15) is 5.10 Å². The summed E-state index contributed by atoms with van der Waals surface area (Å²) in [6.45, 7) is 4.74. The van der Waals surface area contributed by atoms with E-state index >= 15 is 0 Å². The van der Waals surface area contributed by atoms with Crippen molar-refractivity contribution in [2.24, 2.45) is 5.10 Å². The van der Waals surface area contributed by atoms with Gasteiger partial charge in [-0.3, -0.25) is 4.79 Å². The van der Waals surface area contributed by atoms with Crippen LogP contribution in [0.1, 0.15) is 133 Å². The van der Waals surface area contributed by atoms with Crippen molar-refractivity contribution >= 4 is 28.9 Å². The van der Waals surface area contributed by atoms with Crippen molar-refractivity contribution in [2.75, 3.05) is 6.61 Å². The van der Waals surface area contributed by atoms with E-state index in [1.165, 1.54) is 83.5 Å². The van der Waals surface area contributed by atoms with Crippen molar-refractivity contribution in [3.05, 3.63) is 71.8 Å². The average molecular weight is 601 g/mol. The van der Waals surface area contributed by atoms with Crippen LogP contribution in [0.25, 0.3) is 10.8 Å². The summed E-state index contributed by atoms with van der Waals surface area (Å²) in [4.78, 5) is 25.3. The highest BCUT2D eigenvalue weighted by Gasteiger charge is 2.14. The van der Waals surface area contributed by atoms with E-state index in [1.54, 1.807) is 36.5 Å². The minimum atomic E-state index is -0.477. The molecule has 0 aliphatic heterocycles. The summed E-state index contributed by atoms with van der Waals surface area (Å²) in [6.07, 6.45) is 21.4. The molecule has 0 aromatic heterocycles. The number of nitrogens with zero attached hydrogens (tertiary/aromatic N) is 1. The Balaban J connectivity index is 1.37. The van der Waals surface area contributed by atoms with E-state index in [4.69, 9.17) is 9.47 Å². The predicted octanol–water partition coefficient (Wildman–Crippen LogP) is 10.2. The van der Waals surface area contributed by atoms with E-state index in [0.717, 1.165) is 23.6 Å². The quantitative estimate of drug-likeness (QED) is 0.0409. The molecule has 238 valence electrons. The van der Waals surface area contributed by atoms with Gasteiger partial charge in [-0.05, 0) is 54.4 Å². The van der Waals surface area contributed by atoms with Gasteiger partial charge in [0.25, 0.3) is 0 Å². The molecule has 0 heterocycles. The fraction of sp³-hybridized carbons (Fsp3) is 0.500. The number of hydrogen-bond acceptors (Lipinski definition) is 5. The van der Waals surface area contributed by atoms with Gasteiger partial charge in [0, 0.05) is 12.0 Å². The minimum Gasteiger partial charge on any atom is -0.494 e. The third kappa shape index (κ3) is 12.9. The number of benzene rings is 3. The first-order chi connectivity index (χ1) is 21.6. The molecule has 1 N–H and O–H groups in total. The number of rotatable bonds is 22. The van der Waals surface area contributed by atoms with Crippen molar-refractivity contribution in [3.63, 3.8) is 0 Å². The first-order valence-electron chi connectivity index (χ1n) is 16.9. The van der Waals surface area contributed by atoms with Gasteiger partial charge < -0.3 is 9.47 Å². The number of carbonyl (C=O) groups excluding carboxylic acids is 2. The van der Waals surface area contributed by atoms with Crippen LogP contribution >= 0.6 is 0 Å². The standard InChI is InChI=1S/C38H52N2O4/c1-3-5-6-7-8-9-10-11-12-13-14-15-16-17-18-23-37(41)40-39-30-35-34-22-20-19-21-31(34)26-29-36(35)44-38(42)32-24-27-33(28-25-32)43-4-2/h19-22,24-30H,3-18,23H2,1-2H3,(H,40,41).